The molecule has 2 rings (SSSR count). The minimum atomic E-state index is -0.671. The van der Waals surface area contributed by atoms with E-state index < -0.39 is 12.0 Å². The van der Waals surface area contributed by atoms with E-state index in [0.717, 1.165) is 11.0 Å². The van der Waals surface area contributed by atoms with Crippen LogP contribution in [0.2, 0.25) is 0 Å². The number of carbonyl (C=O) groups is 2. The third-order valence-electron chi connectivity index (χ3n) is 3.10. The number of amides is 1. The smallest absolute Gasteiger partial charge is 0.328 e. The van der Waals surface area contributed by atoms with E-state index in [1.807, 2.05) is 44.2 Å². The van der Waals surface area contributed by atoms with Crippen LogP contribution in [0.5, 0.6) is 0 Å². The summed E-state index contributed by atoms with van der Waals surface area (Å²) in [6.07, 6.45) is 0.0937. The Bertz CT molecular complexity index is 626. The van der Waals surface area contributed by atoms with Crippen molar-refractivity contribution in [1.82, 2.24) is 5.32 Å². The van der Waals surface area contributed by atoms with Crippen LogP contribution in [0.15, 0.2) is 34.7 Å². The van der Waals surface area contributed by atoms with Gasteiger partial charge in [-0.05, 0) is 25.0 Å². The molecular formula is C17H21NO4. The highest BCUT2D eigenvalue weighted by molar-refractivity contribution is 5.86. The summed E-state index contributed by atoms with van der Waals surface area (Å²) in [5, 5.41) is 3.58. The molecule has 1 heterocycles. The topological polar surface area (TPSA) is 68.5 Å². The van der Waals surface area contributed by atoms with E-state index in [0.29, 0.717) is 12.4 Å². The summed E-state index contributed by atoms with van der Waals surface area (Å²) in [6.45, 7) is 5.87. The zero-order valence-corrected chi connectivity index (χ0v) is 13.1. The van der Waals surface area contributed by atoms with E-state index in [4.69, 9.17) is 9.15 Å². The van der Waals surface area contributed by atoms with Crippen LogP contribution >= 0.6 is 0 Å². The first-order valence-corrected chi connectivity index (χ1v) is 7.39. The highest BCUT2D eigenvalue weighted by Crippen LogP contribution is 2.19. The first kappa shape index (κ1) is 16.1. The van der Waals surface area contributed by atoms with Gasteiger partial charge in [0.2, 0.25) is 5.91 Å². The van der Waals surface area contributed by atoms with Crippen molar-refractivity contribution in [3.8, 4) is 0 Å². The fraction of sp³-hybridized carbons (Fsp3) is 0.412. The number of hydrogen-bond donors (Lipinski definition) is 1. The van der Waals surface area contributed by atoms with Crippen LogP contribution in [0.1, 0.15) is 26.5 Å². The van der Waals surface area contributed by atoms with Gasteiger partial charge in [-0.15, -0.1) is 0 Å². The molecule has 1 aromatic carbocycles. The van der Waals surface area contributed by atoms with E-state index in [2.05, 4.69) is 5.32 Å². The van der Waals surface area contributed by atoms with Gasteiger partial charge in [-0.2, -0.15) is 0 Å². The molecule has 1 amide bonds. The van der Waals surface area contributed by atoms with Crippen LogP contribution in [0.3, 0.4) is 0 Å². The lowest BCUT2D eigenvalue weighted by Gasteiger charge is -2.14. The Morgan fingerprint density at radius 2 is 1.95 bits per heavy atom. The summed E-state index contributed by atoms with van der Waals surface area (Å²) < 4.78 is 10.7. The Kier molecular flexibility index (Phi) is 5.20. The standard InChI is InChI=1S/C17H21NO4/c1-11(2)10-21-17(20)12(3)18-16(19)9-14-8-13-6-4-5-7-15(13)22-14/h4-8,11-12H,9-10H2,1-3H3,(H,18,19)/t12-/m0/s1. The fourth-order valence-electron chi connectivity index (χ4n) is 2.01. The first-order chi connectivity index (χ1) is 10.5. The van der Waals surface area contributed by atoms with Gasteiger partial charge in [0.15, 0.2) is 0 Å². The Morgan fingerprint density at radius 1 is 1.23 bits per heavy atom. The molecule has 0 radical (unpaired) electrons. The van der Waals surface area contributed by atoms with Gasteiger partial charge in [0.05, 0.1) is 13.0 Å². The molecule has 0 aliphatic carbocycles. The number of esters is 1. The Labute approximate surface area is 129 Å². The van der Waals surface area contributed by atoms with Gasteiger partial charge < -0.3 is 14.5 Å². The van der Waals surface area contributed by atoms with Crippen LogP contribution in [-0.4, -0.2) is 24.5 Å². The monoisotopic (exact) mass is 303 g/mol. The molecule has 0 aliphatic heterocycles. The maximum absolute atomic E-state index is 12.0. The van der Waals surface area contributed by atoms with Crippen molar-refractivity contribution in [3.63, 3.8) is 0 Å². The van der Waals surface area contributed by atoms with Gasteiger partial charge in [-0.25, -0.2) is 4.79 Å². The van der Waals surface area contributed by atoms with Crippen LogP contribution in [-0.2, 0) is 20.7 Å². The predicted octanol–water partition coefficient (Wildman–Crippen LogP) is 2.68. The van der Waals surface area contributed by atoms with Gasteiger partial charge >= 0.3 is 5.97 Å². The van der Waals surface area contributed by atoms with E-state index in [1.54, 1.807) is 6.92 Å². The largest absolute Gasteiger partial charge is 0.464 e. The average molecular weight is 303 g/mol. The summed E-state index contributed by atoms with van der Waals surface area (Å²) in [6, 6.07) is 8.72. The first-order valence-electron chi connectivity index (χ1n) is 7.39. The number of ether oxygens (including phenoxy) is 1. The molecule has 0 saturated carbocycles. The van der Waals surface area contributed by atoms with Crippen molar-refractivity contribution in [1.29, 1.82) is 0 Å². The summed E-state index contributed by atoms with van der Waals surface area (Å²) in [5.74, 6) is 0.142. The Balaban J connectivity index is 1.88. The Hall–Kier alpha value is -2.30. The Morgan fingerprint density at radius 3 is 2.64 bits per heavy atom. The van der Waals surface area contributed by atoms with Crippen molar-refractivity contribution >= 4 is 22.8 Å². The van der Waals surface area contributed by atoms with E-state index in [-0.39, 0.29) is 18.2 Å². The second-order valence-corrected chi connectivity index (χ2v) is 5.74. The van der Waals surface area contributed by atoms with Gasteiger partial charge in [-0.3, -0.25) is 4.79 Å². The van der Waals surface area contributed by atoms with Crippen LogP contribution in [0, 0.1) is 5.92 Å². The van der Waals surface area contributed by atoms with Crippen molar-refractivity contribution in [2.24, 2.45) is 5.92 Å². The molecule has 0 aliphatic rings. The van der Waals surface area contributed by atoms with Crippen LogP contribution < -0.4 is 5.32 Å². The number of para-hydroxylation sites is 1. The van der Waals surface area contributed by atoms with Crippen molar-refractivity contribution in [3.05, 3.63) is 36.1 Å². The molecule has 0 saturated heterocycles. The van der Waals surface area contributed by atoms with E-state index >= 15 is 0 Å². The summed E-state index contributed by atoms with van der Waals surface area (Å²) in [7, 11) is 0. The number of rotatable bonds is 6. The maximum atomic E-state index is 12.0. The molecule has 0 unspecified atom stereocenters. The number of nitrogens with one attached hydrogen (secondary N) is 1. The number of furan rings is 1. The van der Waals surface area contributed by atoms with Crippen molar-refractivity contribution < 1.29 is 18.7 Å². The molecule has 0 fully saturated rings. The second-order valence-electron chi connectivity index (χ2n) is 5.74. The normalized spacial score (nSPS) is 12.4. The number of benzene rings is 1. The maximum Gasteiger partial charge on any atom is 0.328 e. The van der Waals surface area contributed by atoms with Crippen molar-refractivity contribution in [2.75, 3.05) is 6.61 Å². The lowest BCUT2D eigenvalue weighted by Crippen LogP contribution is -2.40. The summed E-state index contributed by atoms with van der Waals surface area (Å²) in [4.78, 5) is 23.7. The fourth-order valence-corrected chi connectivity index (χ4v) is 2.01. The number of fused-ring (bicyclic) bond motifs is 1. The predicted molar refractivity (Wildman–Crippen MR) is 83.3 cm³/mol. The lowest BCUT2D eigenvalue weighted by molar-refractivity contribution is -0.148. The van der Waals surface area contributed by atoms with E-state index in [9.17, 15) is 9.59 Å². The second kappa shape index (κ2) is 7.11. The van der Waals surface area contributed by atoms with Gasteiger partial charge in [0, 0.05) is 5.39 Å². The molecule has 5 heteroatoms. The SMILES string of the molecule is CC(C)COC(=O)[C@H](C)NC(=O)Cc1cc2ccccc2o1. The molecule has 0 bridgehead atoms. The molecule has 1 N–H and O–H groups in total. The highest BCUT2D eigenvalue weighted by Gasteiger charge is 2.18. The zero-order chi connectivity index (χ0) is 16.1. The third-order valence-corrected chi connectivity index (χ3v) is 3.10. The highest BCUT2D eigenvalue weighted by atomic mass is 16.5. The number of hydrogen-bond acceptors (Lipinski definition) is 4. The van der Waals surface area contributed by atoms with Gasteiger partial charge in [0.25, 0.3) is 0 Å². The molecule has 5 nitrogen and oxygen atoms in total. The molecule has 22 heavy (non-hydrogen) atoms. The number of carbonyl (C=O) groups excluding carboxylic acids is 2. The van der Waals surface area contributed by atoms with Crippen LogP contribution in [0.25, 0.3) is 11.0 Å². The third kappa shape index (κ3) is 4.35. The average Bonchev–Trinajstić information content (AvgIpc) is 2.86. The minimum Gasteiger partial charge on any atom is -0.464 e. The molecule has 2 aromatic rings. The minimum absolute atomic E-state index is 0.0937. The molecular weight excluding hydrogens is 282 g/mol. The molecule has 1 aromatic heterocycles. The molecule has 0 spiro atoms. The summed E-state index contributed by atoms with van der Waals surface area (Å²) in [5.41, 5.74) is 0.745. The van der Waals surface area contributed by atoms with Crippen molar-refractivity contribution in [2.45, 2.75) is 33.2 Å². The van der Waals surface area contributed by atoms with Crippen LogP contribution in [0.4, 0.5) is 0 Å². The van der Waals surface area contributed by atoms with E-state index in [1.165, 1.54) is 0 Å². The van der Waals surface area contributed by atoms with Gasteiger partial charge in [-0.1, -0.05) is 32.0 Å². The zero-order valence-electron chi connectivity index (χ0n) is 13.1. The molecule has 118 valence electrons. The van der Waals surface area contributed by atoms with Gasteiger partial charge in [0.1, 0.15) is 17.4 Å². The quantitative estimate of drug-likeness (QED) is 0.833. The summed E-state index contributed by atoms with van der Waals surface area (Å²) >= 11 is 0. The lowest BCUT2D eigenvalue weighted by atomic mass is 10.2. The molecule has 1 atom stereocenters.